The zero-order chi connectivity index (χ0) is 14.8. The highest BCUT2D eigenvalue weighted by Gasteiger charge is 2.37. The Hall–Kier alpha value is -1.78. The molecule has 1 aromatic carbocycles. The summed E-state index contributed by atoms with van der Waals surface area (Å²) < 4.78 is 0. The Morgan fingerprint density at radius 3 is 2.67 bits per heavy atom. The van der Waals surface area contributed by atoms with Crippen LogP contribution in [0.25, 0.3) is 0 Å². The maximum atomic E-state index is 11.6. The fourth-order valence-electron chi connectivity index (χ4n) is 2.77. The van der Waals surface area contributed by atoms with Gasteiger partial charge in [-0.15, -0.1) is 0 Å². The minimum absolute atomic E-state index is 0.227. The van der Waals surface area contributed by atoms with Gasteiger partial charge in [-0.2, -0.15) is 0 Å². The van der Waals surface area contributed by atoms with E-state index < -0.39 is 0 Å². The molecule has 2 fully saturated rings. The van der Waals surface area contributed by atoms with E-state index in [1.807, 2.05) is 18.2 Å². The van der Waals surface area contributed by atoms with Gasteiger partial charge in [-0.1, -0.05) is 13.0 Å². The molecule has 2 aliphatic rings. The van der Waals surface area contributed by atoms with Crippen LogP contribution in [0.4, 0.5) is 17.1 Å². The first-order chi connectivity index (χ1) is 10.2. The molecule has 2 aliphatic carbocycles. The molecule has 0 saturated heterocycles. The largest absolute Gasteiger partial charge is 0.379 e. The molecule has 0 amide bonds. The monoisotopic (exact) mass is 289 g/mol. The Labute approximate surface area is 125 Å². The summed E-state index contributed by atoms with van der Waals surface area (Å²) in [5.74, 6) is 0.734. The van der Waals surface area contributed by atoms with E-state index >= 15 is 0 Å². The summed E-state index contributed by atoms with van der Waals surface area (Å²) in [5.41, 5.74) is 1.70. The summed E-state index contributed by atoms with van der Waals surface area (Å²) in [4.78, 5) is 13.7. The van der Waals surface area contributed by atoms with Crippen LogP contribution in [0, 0.1) is 16.0 Å². The van der Waals surface area contributed by atoms with Crippen molar-refractivity contribution in [3.63, 3.8) is 0 Å². The standard InChI is InChI=1S/C16H23N3O2/c1-2-10-17-14-4-3-5-15(16(14)19(20)21)18(13-8-9-13)11-12-6-7-12/h3-5,12-13,17H,2,6-11H2,1H3. The van der Waals surface area contributed by atoms with E-state index in [9.17, 15) is 10.1 Å². The molecule has 21 heavy (non-hydrogen) atoms. The molecule has 1 aromatic rings. The highest BCUT2D eigenvalue weighted by atomic mass is 16.6. The first kappa shape index (κ1) is 14.2. The van der Waals surface area contributed by atoms with Crippen molar-refractivity contribution in [1.82, 2.24) is 0 Å². The Morgan fingerprint density at radius 1 is 1.33 bits per heavy atom. The molecule has 114 valence electrons. The third kappa shape index (κ3) is 3.28. The van der Waals surface area contributed by atoms with Gasteiger partial charge in [0.25, 0.3) is 0 Å². The van der Waals surface area contributed by atoms with E-state index in [2.05, 4.69) is 17.1 Å². The third-order valence-corrected chi connectivity index (χ3v) is 4.21. The highest BCUT2D eigenvalue weighted by Crippen LogP contribution is 2.43. The van der Waals surface area contributed by atoms with Crippen molar-refractivity contribution in [1.29, 1.82) is 0 Å². The van der Waals surface area contributed by atoms with E-state index in [4.69, 9.17) is 0 Å². The van der Waals surface area contributed by atoms with Crippen LogP contribution in [0.2, 0.25) is 0 Å². The second-order valence-electron chi connectivity index (χ2n) is 6.18. The molecule has 0 radical (unpaired) electrons. The molecule has 0 aromatic heterocycles. The average molecular weight is 289 g/mol. The first-order valence-electron chi connectivity index (χ1n) is 7.98. The summed E-state index contributed by atoms with van der Waals surface area (Å²) in [6.45, 7) is 3.80. The van der Waals surface area contributed by atoms with Crippen LogP contribution in [0.5, 0.6) is 0 Å². The van der Waals surface area contributed by atoms with Crippen LogP contribution in [0.3, 0.4) is 0 Å². The first-order valence-corrected chi connectivity index (χ1v) is 7.98. The predicted octanol–water partition coefficient (Wildman–Crippen LogP) is 3.80. The zero-order valence-corrected chi connectivity index (χ0v) is 12.5. The number of anilines is 2. The number of nitro groups is 1. The molecule has 0 heterocycles. The Balaban J connectivity index is 1.92. The lowest BCUT2D eigenvalue weighted by molar-refractivity contribution is -0.383. The average Bonchev–Trinajstić information content (AvgIpc) is 3.35. The maximum Gasteiger partial charge on any atom is 0.315 e. The number of hydrogen-bond donors (Lipinski definition) is 1. The van der Waals surface area contributed by atoms with E-state index in [1.165, 1.54) is 12.8 Å². The van der Waals surface area contributed by atoms with Gasteiger partial charge in [0.1, 0.15) is 11.4 Å². The van der Waals surface area contributed by atoms with Crippen molar-refractivity contribution in [3.05, 3.63) is 28.3 Å². The molecule has 0 unspecified atom stereocenters. The number of hydrogen-bond acceptors (Lipinski definition) is 4. The Bertz CT molecular complexity index is 524. The summed E-state index contributed by atoms with van der Waals surface area (Å²) >= 11 is 0. The molecule has 5 nitrogen and oxygen atoms in total. The normalized spacial score (nSPS) is 17.6. The lowest BCUT2D eigenvalue weighted by Gasteiger charge is -2.25. The maximum absolute atomic E-state index is 11.6. The van der Waals surface area contributed by atoms with Crippen LogP contribution < -0.4 is 10.2 Å². The van der Waals surface area contributed by atoms with Crippen LogP contribution in [-0.4, -0.2) is 24.1 Å². The topological polar surface area (TPSA) is 58.4 Å². The zero-order valence-electron chi connectivity index (χ0n) is 12.5. The molecule has 3 rings (SSSR count). The molecule has 1 N–H and O–H groups in total. The highest BCUT2D eigenvalue weighted by molar-refractivity contribution is 5.77. The number of nitro benzene ring substituents is 1. The van der Waals surface area contributed by atoms with Crippen LogP contribution in [0.15, 0.2) is 18.2 Å². The Kier molecular flexibility index (Phi) is 3.99. The molecule has 0 bridgehead atoms. The SMILES string of the molecule is CCCNc1cccc(N(CC2CC2)C2CC2)c1[N+](=O)[O-]. The molecular formula is C16H23N3O2. The van der Waals surface area contributed by atoms with Gasteiger partial charge in [0.2, 0.25) is 0 Å². The number of nitrogens with zero attached hydrogens (tertiary/aromatic N) is 2. The minimum atomic E-state index is -0.227. The van der Waals surface area contributed by atoms with Gasteiger partial charge in [-0.25, -0.2) is 0 Å². The number of para-hydroxylation sites is 1. The summed E-state index contributed by atoms with van der Waals surface area (Å²) in [5, 5.41) is 14.8. The molecule has 0 atom stereocenters. The van der Waals surface area contributed by atoms with E-state index in [0.29, 0.717) is 11.7 Å². The second-order valence-corrected chi connectivity index (χ2v) is 6.18. The quantitative estimate of drug-likeness (QED) is 0.584. The van der Waals surface area contributed by atoms with Crippen LogP contribution in [-0.2, 0) is 0 Å². The smallest absolute Gasteiger partial charge is 0.315 e. The van der Waals surface area contributed by atoms with Crippen LogP contribution in [0.1, 0.15) is 39.0 Å². The molecule has 5 heteroatoms. The van der Waals surface area contributed by atoms with Gasteiger partial charge in [0, 0.05) is 19.1 Å². The summed E-state index contributed by atoms with van der Waals surface area (Å²) in [6, 6.07) is 6.17. The summed E-state index contributed by atoms with van der Waals surface area (Å²) in [7, 11) is 0. The lowest BCUT2D eigenvalue weighted by atomic mass is 10.2. The van der Waals surface area contributed by atoms with E-state index in [-0.39, 0.29) is 10.6 Å². The molecule has 0 aliphatic heterocycles. The second kappa shape index (κ2) is 5.92. The minimum Gasteiger partial charge on any atom is -0.379 e. The van der Waals surface area contributed by atoms with Gasteiger partial charge in [0.05, 0.1) is 4.92 Å². The number of nitrogens with one attached hydrogen (secondary N) is 1. The molecule has 0 spiro atoms. The van der Waals surface area contributed by atoms with Crippen molar-refractivity contribution in [2.75, 3.05) is 23.3 Å². The van der Waals surface area contributed by atoms with Crippen LogP contribution >= 0.6 is 0 Å². The van der Waals surface area contributed by atoms with Gasteiger partial charge in [-0.05, 0) is 50.2 Å². The van der Waals surface area contributed by atoms with Crippen molar-refractivity contribution in [2.24, 2.45) is 5.92 Å². The lowest BCUT2D eigenvalue weighted by Crippen LogP contribution is -2.29. The fraction of sp³-hybridized carbons (Fsp3) is 0.625. The third-order valence-electron chi connectivity index (χ3n) is 4.21. The predicted molar refractivity (Wildman–Crippen MR) is 85.0 cm³/mol. The van der Waals surface area contributed by atoms with Gasteiger partial charge in [-0.3, -0.25) is 10.1 Å². The molecule has 2 saturated carbocycles. The van der Waals surface area contributed by atoms with E-state index in [1.54, 1.807) is 0 Å². The van der Waals surface area contributed by atoms with Crippen molar-refractivity contribution in [3.8, 4) is 0 Å². The van der Waals surface area contributed by atoms with Crippen molar-refractivity contribution >= 4 is 17.1 Å². The molecular weight excluding hydrogens is 266 g/mol. The summed E-state index contributed by atoms with van der Waals surface area (Å²) in [6.07, 6.45) is 5.82. The fourth-order valence-corrected chi connectivity index (χ4v) is 2.77. The Morgan fingerprint density at radius 2 is 2.10 bits per heavy atom. The number of rotatable bonds is 8. The van der Waals surface area contributed by atoms with Gasteiger partial charge in [0.15, 0.2) is 0 Å². The van der Waals surface area contributed by atoms with E-state index in [0.717, 1.165) is 44.0 Å². The van der Waals surface area contributed by atoms with Crippen molar-refractivity contribution in [2.45, 2.75) is 45.1 Å². The van der Waals surface area contributed by atoms with Gasteiger partial charge >= 0.3 is 5.69 Å². The van der Waals surface area contributed by atoms with Crippen molar-refractivity contribution < 1.29 is 4.92 Å². The number of benzene rings is 1. The van der Waals surface area contributed by atoms with Gasteiger partial charge < -0.3 is 10.2 Å².